The average molecular weight is 237 g/mol. The van der Waals surface area contributed by atoms with Gasteiger partial charge in [-0.1, -0.05) is 6.92 Å². The van der Waals surface area contributed by atoms with Gasteiger partial charge in [-0.25, -0.2) is 4.98 Å². The normalized spacial score (nSPS) is 13.4. The third-order valence-corrected chi connectivity index (χ3v) is 3.06. The Labute approximate surface area is 100 Å². The molecule has 0 amide bonds. The molecule has 0 saturated carbocycles. The first-order valence-electron chi connectivity index (χ1n) is 5.76. The van der Waals surface area contributed by atoms with Crippen LogP contribution in [0, 0.1) is 6.92 Å². The van der Waals surface area contributed by atoms with Gasteiger partial charge in [0.15, 0.2) is 5.65 Å². The smallest absolute Gasteiger partial charge is 0.202 e. The van der Waals surface area contributed by atoms with Crippen LogP contribution in [0.15, 0.2) is 0 Å². The maximum atomic E-state index is 6.00. The van der Waals surface area contributed by atoms with Gasteiger partial charge in [0.05, 0.1) is 18.3 Å². The Morgan fingerprint density at radius 2 is 2.18 bits per heavy atom. The maximum Gasteiger partial charge on any atom is 0.202 e. The summed E-state index contributed by atoms with van der Waals surface area (Å²) in [5.74, 6) is 0.528. The molecular formula is C11H19N5O. The number of hydrogen-bond acceptors (Lipinski definition) is 4. The maximum absolute atomic E-state index is 6.00. The predicted octanol–water partition coefficient (Wildman–Crippen LogP) is 1.26. The highest BCUT2D eigenvalue weighted by molar-refractivity contribution is 5.77. The van der Waals surface area contributed by atoms with Gasteiger partial charge in [-0.15, -0.1) is 0 Å². The summed E-state index contributed by atoms with van der Waals surface area (Å²) in [6, 6.07) is 0.194. The van der Waals surface area contributed by atoms with Gasteiger partial charge in [0.2, 0.25) is 5.95 Å². The van der Waals surface area contributed by atoms with E-state index in [2.05, 4.69) is 17.0 Å². The molecule has 2 aromatic rings. The van der Waals surface area contributed by atoms with Crippen molar-refractivity contribution in [3.63, 3.8) is 0 Å². The van der Waals surface area contributed by atoms with Crippen molar-refractivity contribution in [3.8, 4) is 0 Å². The highest BCUT2D eigenvalue weighted by atomic mass is 16.5. The molecule has 0 aliphatic heterocycles. The van der Waals surface area contributed by atoms with Gasteiger partial charge in [0, 0.05) is 14.2 Å². The first-order chi connectivity index (χ1) is 8.10. The Hall–Kier alpha value is -1.56. The summed E-state index contributed by atoms with van der Waals surface area (Å²) in [4.78, 5) is 4.39. The summed E-state index contributed by atoms with van der Waals surface area (Å²) >= 11 is 0. The average Bonchev–Trinajstić information content (AvgIpc) is 2.75. The molecule has 94 valence electrons. The molecule has 2 aromatic heterocycles. The standard InChI is InChI=1S/C11H19N5O/c1-5-8(6-17-4)16-10-9(13-11(16)12)7(2)14-15(10)3/h8H,5-6H2,1-4H3,(H2,12,13). The van der Waals surface area contributed by atoms with Crippen molar-refractivity contribution in [2.75, 3.05) is 19.5 Å². The summed E-state index contributed by atoms with van der Waals surface area (Å²) < 4.78 is 9.07. The Morgan fingerprint density at radius 3 is 2.76 bits per heavy atom. The second-order valence-electron chi connectivity index (χ2n) is 4.24. The summed E-state index contributed by atoms with van der Waals surface area (Å²) in [5, 5.41) is 4.37. The number of aromatic nitrogens is 4. The number of methoxy groups -OCH3 is 1. The predicted molar refractivity (Wildman–Crippen MR) is 66.9 cm³/mol. The van der Waals surface area contributed by atoms with Gasteiger partial charge >= 0.3 is 0 Å². The fourth-order valence-corrected chi connectivity index (χ4v) is 2.24. The lowest BCUT2D eigenvalue weighted by Gasteiger charge is -2.17. The van der Waals surface area contributed by atoms with Crippen molar-refractivity contribution < 1.29 is 4.74 Å². The van der Waals surface area contributed by atoms with Crippen LogP contribution in [0.2, 0.25) is 0 Å². The van der Waals surface area contributed by atoms with E-state index in [1.807, 2.05) is 23.2 Å². The number of rotatable bonds is 4. The van der Waals surface area contributed by atoms with Gasteiger partial charge in [0.25, 0.3) is 0 Å². The third kappa shape index (κ3) is 1.78. The van der Waals surface area contributed by atoms with E-state index in [9.17, 15) is 0 Å². The molecule has 0 aliphatic rings. The van der Waals surface area contributed by atoms with Crippen LogP contribution in [0.25, 0.3) is 11.2 Å². The zero-order valence-corrected chi connectivity index (χ0v) is 10.8. The van der Waals surface area contributed by atoms with E-state index in [0.29, 0.717) is 12.6 Å². The zero-order valence-electron chi connectivity index (χ0n) is 10.8. The summed E-state index contributed by atoms with van der Waals surface area (Å²) in [5.41, 5.74) is 8.74. The minimum Gasteiger partial charge on any atom is -0.383 e. The number of aryl methyl sites for hydroxylation is 2. The van der Waals surface area contributed by atoms with Crippen LogP contribution < -0.4 is 5.73 Å². The minimum atomic E-state index is 0.194. The van der Waals surface area contributed by atoms with Crippen molar-refractivity contribution >= 4 is 17.1 Å². The lowest BCUT2D eigenvalue weighted by atomic mass is 10.2. The van der Waals surface area contributed by atoms with Crippen molar-refractivity contribution in [1.82, 2.24) is 19.3 Å². The van der Waals surface area contributed by atoms with Gasteiger partial charge < -0.3 is 10.5 Å². The first-order valence-corrected chi connectivity index (χ1v) is 5.76. The topological polar surface area (TPSA) is 70.9 Å². The van der Waals surface area contributed by atoms with E-state index in [0.717, 1.165) is 23.3 Å². The molecule has 0 aromatic carbocycles. The van der Waals surface area contributed by atoms with Gasteiger partial charge in [-0.2, -0.15) is 5.10 Å². The molecule has 0 fully saturated rings. The van der Waals surface area contributed by atoms with E-state index in [-0.39, 0.29) is 6.04 Å². The second kappa shape index (κ2) is 4.37. The lowest BCUT2D eigenvalue weighted by molar-refractivity contribution is 0.155. The SMILES string of the molecule is CCC(COC)n1c(N)nc2c(C)nn(C)c21. The molecule has 2 heterocycles. The zero-order chi connectivity index (χ0) is 12.6. The first kappa shape index (κ1) is 11.9. The molecule has 1 atom stereocenters. The number of nitrogens with two attached hydrogens (primary N) is 1. The molecule has 2 rings (SSSR count). The van der Waals surface area contributed by atoms with Gasteiger partial charge in [0.1, 0.15) is 5.52 Å². The van der Waals surface area contributed by atoms with Crippen LogP contribution >= 0.6 is 0 Å². The fourth-order valence-electron chi connectivity index (χ4n) is 2.24. The van der Waals surface area contributed by atoms with E-state index in [4.69, 9.17) is 10.5 Å². The largest absolute Gasteiger partial charge is 0.383 e. The van der Waals surface area contributed by atoms with Crippen molar-refractivity contribution in [2.24, 2.45) is 7.05 Å². The number of ether oxygens (including phenoxy) is 1. The highest BCUT2D eigenvalue weighted by Crippen LogP contribution is 2.26. The Balaban J connectivity index is 2.62. The molecule has 0 saturated heterocycles. The van der Waals surface area contributed by atoms with Crippen LogP contribution in [0.1, 0.15) is 25.1 Å². The van der Waals surface area contributed by atoms with Gasteiger partial charge in [-0.05, 0) is 13.3 Å². The Kier molecular flexibility index (Phi) is 3.06. The molecule has 0 radical (unpaired) electrons. The molecule has 1 unspecified atom stereocenters. The van der Waals surface area contributed by atoms with Crippen molar-refractivity contribution in [3.05, 3.63) is 5.69 Å². The second-order valence-corrected chi connectivity index (χ2v) is 4.24. The monoisotopic (exact) mass is 237 g/mol. The number of fused-ring (bicyclic) bond motifs is 1. The quantitative estimate of drug-likeness (QED) is 0.869. The van der Waals surface area contributed by atoms with Crippen LogP contribution in [-0.2, 0) is 11.8 Å². The summed E-state index contributed by atoms with van der Waals surface area (Å²) in [6.45, 7) is 4.67. The van der Waals surface area contributed by atoms with Gasteiger partial charge in [-0.3, -0.25) is 9.25 Å². The number of nitrogens with zero attached hydrogens (tertiary/aromatic N) is 4. The van der Waals surface area contributed by atoms with E-state index >= 15 is 0 Å². The third-order valence-electron chi connectivity index (χ3n) is 3.06. The number of imidazole rings is 1. The number of anilines is 1. The van der Waals surface area contributed by atoms with Crippen LogP contribution in [-0.4, -0.2) is 33.0 Å². The van der Waals surface area contributed by atoms with Crippen LogP contribution in [0.4, 0.5) is 5.95 Å². The Morgan fingerprint density at radius 1 is 1.47 bits per heavy atom. The lowest BCUT2D eigenvalue weighted by Crippen LogP contribution is -2.17. The number of hydrogen-bond donors (Lipinski definition) is 1. The fraction of sp³-hybridized carbons (Fsp3) is 0.636. The molecule has 2 N–H and O–H groups in total. The minimum absolute atomic E-state index is 0.194. The molecular weight excluding hydrogens is 218 g/mol. The highest BCUT2D eigenvalue weighted by Gasteiger charge is 2.20. The van der Waals surface area contributed by atoms with Crippen LogP contribution in [0.5, 0.6) is 0 Å². The van der Waals surface area contributed by atoms with Crippen molar-refractivity contribution in [1.29, 1.82) is 0 Å². The van der Waals surface area contributed by atoms with Crippen LogP contribution in [0.3, 0.4) is 0 Å². The molecule has 6 heteroatoms. The Bertz CT molecular complexity index is 527. The number of nitrogen functional groups attached to an aromatic ring is 1. The van der Waals surface area contributed by atoms with E-state index in [1.165, 1.54) is 0 Å². The summed E-state index contributed by atoms with van der Waals surface area (Å²) in [6.07, 6.45) is 0.938. The molecule has 17 heavy (non-hydrogen) atoms. The molecule has 0 bridgehead atoms. The van der Waals surface area contributed by atoms with Crippen molar-refractivity contribution in [2.45, 2.75) is 26.3 Å². The molecule has 6 nitrogen and oxygen atoms in total. The van der Waals surface area contributed by atoms with E-state index in [1.54, 1.807) is 7.11 Å². The van der Waals surface area contributed by atoms with E-state index < -0.39 is 0 Å². The molecule has 0 spiro atoms. The summed E-state index contributed by atoms with van der Waals surface area (Å²) in [7, 11) is 3.61. The molecule has 0 aliphatic carbocycles.